The van der Waals surface area contributed by atoms with Crippen LogP contribution in [0.2, 0.25) is 5.02 Å². The lowest BCUT2D eigenvalue weighted by molar-refractivity contribution is 0.756. The molecule has 0 bridgehead atoms. The number of fused-ring (bicyclic) bond motifs is 1. The number of halogens is 1. The molecule has 4 nitrogen and oxygen atoms in total. The maximum Gasteiger partial charge on any atom is 0.138 e. The topological polar surface area (TPSA) is 41.1 Å². The summed E-state index contributed by atoms with van der Waals surface area (Å²) >= 11 is 6.25. The normalized spacial score (nSPS) is 13.4. The van der Waals surface area contributed by atoms with Gasteiger partial charge in [0.1, 0.15) is 17.5 Å². The number of rotatable bonds is 4. The van der Waals surface area contributed by atoms with Crippen LogP contribution < -0.4 is 10.2 Å². The van der Waals surface area contributed by atoms with Gasteiger partial charge < -0.3 is 10.2 Å². The number of hydrogen-bond donors (Lipinski definition) is 1. The lowest BCUT2D eigenvalue weighted by Gasteiger charge is -2.30. The number of aryl methyl sites for hydroxylation is 2. The number of aromatic nitrogens is 2. The van der Waals surface area contributed by atoms with E-state index in [1.807, 2.05) is 37.3 Å². The Balaban J connectivity index is 1.60. The summed E-state index contributed by atoms with van der Waals surface area (Å²) in [6.45, 7) is 3.53. The summed E-state index contributed by atoms with van der Waals surface area (Å²) in [5.41, 5.74) is 3.67. The zero-order chi connectivity index (χ0) is 17.9. The molecule has 0 radical (unpaired) electrons. The van der Waals surface area contributed by atoms with E-state index in [2.05, 4.69) is 44.5 Å². The van der Waals surface area contributed by atoms with Crippen LogP contribution in [-0.4, -0.2) is 16.5 Å². The number of hydrogen-bond acceptors (Lipinski definition) is 4. The van der Waals surface area contributed by atoms with E-state index in [9.17, 15) is 0 Å². The van der Waals surface area contributed by atoms with E-state index in [0.717, 1.165) is 47.4 Å². The van der Waals surface area contributed by atoms with Crippen molar-refractivity contribution in [2.45, 2.75) is 26.3 Å². The highest BCUT2D eigenvalue weighted by Crippen LogP contribution is 2.33. The molecule has 0 spiro atoms. The van der Waals surface area contributed by atoms with Crippen molar-refractivity contribution in [2.75, 3.05) is 16.8 Å². The van der Waals surface area contributed by atoms with Gasteiger partial charge in [-0.3, -0.25) is 0 Å². The maximum absolute atomic E-state index is 6.25. The average molecular weight is 365 g/mol. The van der Waals surface area contributed by atoms with E-state index in [4.69, 9.17) is 11.6 Å². The van der Waals surface area contributed by atoms with E-state index in [1.165, 1.54) is 11.3 Å². The highest BCUT2D eigenvalue weighted by atomic mass is 35.5. The molecule has 0 fully saturated rings. The molecule has 132 valence electrons. The first kappa shape index (κ1) is 16.9. The monoisotopic (exact) mass is 364 g/mol. The fraction of sp³-hybridized carbons (Fsp3) is 0.238. The third-order valence-electron chi connectivity index (χ3n) is 4.63. The quantitative estimate of drug-likeness (QED) is 0.696. The Morgan fingerprint density at radius 3 is 2.77 bits per heavy atom. The van der Waals surface area contributed by atoms with Gasteiger partial charge in [-0.05, 0) is 43.0 Å². The van der Waals surface area contributed by atoms with Crippen LogP contribution in [0, 0.1) is 6.92 Å². The Hall–Kier alpha value is -2.59. The number of nitrogens with zero attached hydrogens (tertiary/aromatic N) is 3. The summed E-state index contributed by atoms with van der Waals surface area (Å²) in [4.78, 5) is 11.5. The maximum atomic E-state index is 6.25. The number of para-hydroxylation sites is 1. The van der Waals surface area contributed by atoms with E-state index >= 15 is 0 Å². The molecule has 0 amide bonds. The Morgan fingerprint density at radius 2 is 1.88 bits per heavy atom. The van der Waals surface area contributed by atoms with Gasteiger partial charge in [0.05, 0.1) is 0 Å². The van der Waals surface area contributed by atoms with Crippen molar-refractivity contribution in [3.8, 4) is 0 Å². The standard InChI is InChI=1S/C21H21ClN4/c1-15-24-20(23-14-17-8-2-4-10-18(17)22)13-21(25-15)26-12-6-9-16-7-3-5-11-19(16)26/h2-5,7-8,10-11,13H,6,9,12,14H2,1H3,(H,23,24,25). The number of anilines is 3. The summed E-state index contributed by atoms with van der Waals surface area (Å²) in [5.74, 6) is 2.51. The molecule has 0 unspecified atom stereocenters. The van der Waals surface area contributed by atoms with Gasteiger partial charge in [0.25, 0.3) is 0 Å². The van der Waals surface area contributed by atoms with Crippen LogP contribution in [0.25, 0.3) is 0 Å². The molecule has 3 aromatic rings. The van der Waals surface area contributed by atoms with Crippen molar-refractivity contribution in [3.05, 3.63) is 76.6 Å². The molecule has 5 heteroatoms. The van der Waals surface area contributed by atoms with E-state index in [-0.39, 0.29) is 0 Å². The lowest BCUT2D eigenvalue weighted by Crippen LogP contribution is -2.25. The smallest absolute Gasteiger partial charge is 0.138 e. The zero-order valence-corrected chi connectivity index (χ0v) is 15.5. The fourth-order valence-electron chi connectivity index (χ4n) is 3.38. The molecule has 1 aromatic heterocycles. The molecule has 0 saturated carbocycles. The summed E-state index contributed by atoms with van der Waals surface area (Å²) in [7, 11) is 0. The van der Waals surface area contributed by atoms with E-state index < -0.39 is 0 Å². The van der Waals surface area contributed by atoms with Crippen molar-refractivity contribution in [1.82, 2.24) is 9.97 Å². The molecule has 1 N–H and O–H groups in total. The zero-order valence-electron chi connectivity index (χ0n) is 14.7. The van der Waals surface area contributed by atoms with Crippen LogP contribution in [0.1, 0.15) is 23.4 Å². The Labute approximate surface area is 158 Å². The third kappa shape index (κ3) is 3.51. The highest BCUT2D eigenvalue weighted by molar-refractivity contribution is 6.31. The average Bonchev–Trinajstić information content (AvgIpc) is 2.66. The van der Waals surface area contributed by atoms with Gasteiger partial charge in [0.15, 0.2) is 0 Å². The second-order valence-corrected chi connectivity index (χ2v) is 6.89. The van der Waals surface area contributed by atoms with Crippen LogP contribution in [-0.2, 0) is 13.0 Å². The van der Waals surface area contributed by atoms with Crippen LogP contribution >= 0.6 is 11.6 Å². The molecule has 0 aliphatic carbocycles. The van der Waals surface area contributed by atoms with Crippen molar-refractivity contribution in [3.63, 3.8) is 0 Å². The van der Waals surface area contributed by atoms with Gasteiger partial charge >= 0.3 is 0 Å². The Morgan fingerprint density at radius 1 is 1.08 bits per heavy atom. The molecule has 2 heterocycles. The summed E-state index contributed by atoms with van der Waals surface area (Å²) < 4.78 is 0. The first-order chi connectivity index (χ1) is 12.7. The van der Waals surface area contributed by atoms with E-state index in [1.54, 1.807) is 0 Å². The summed E-state index contributed by atoms with van der Waals surface area (Å²) in [6, 6.07) is 18.4. The summed E-state index contributed by atoms with van der Waals surface area (Å²) in [6.07, 6.45) is 2.25. The van der Waals surface area contributed by atoms with E-state index in [0.29, 0.717) is 6.54 Å². The van der Waals surface area contributed by atoms with Gasteiger partial charge in [-0.2, -0.15) is 0 Å². The van der Waals surface area contributed by atoms with Crippen molar-refractivity contribution in [2.24, 2.45) is 0 Å². The van der Waals surface area contributed by atoms with Crippen LogP contribution in [0.5, 0.6) is 0 Å². The van der Waals surface area contributed by atoms with Gasteiger partial charge in [0.2, 0.25) is 0 Å². The first-order valence-electron chi connectivity index (χ1n) is 8.89. The second-order valence-electron chi connectivity index (χ2n) is 6.49. The molecule has 1 aliphatic rings. The van der Waals surface area contributed by atoms with Gasteiger partial charge in [-0.1, -0.05) is 48.0 Å². The molecule has 4 rings (SSSR count). The highest BCUT2D eigenvalue weighted by Gasteiger charge is 2.19. The molecule has 2 aromatic carbocycles. The SMILES string of the molecule is Cc1nc(NCc2ccccc2Cl)cc(N2CCCc3ccccc32)n1. The predicted octanol–water partition coefficient (Wildman–Crippen LogP) is 5.13. The number of nitrogens with one attached hydrogen (secondary N) is 1. The Bertz CT molecular complexity index is 925. The van der Waals surface area contributed by atoms with Crippen LogP contribution in [0.4, 0.5) is 17.3 Å². The molecular weight excluding hydrogens is 344 g/mol. The largest absolute Gasteiger partial charge is 0.366 e. The van der Waals surface area contributed by atoms with Gasteiger partial charge in [0, 0.05) is 29.9 Å². The van der Waals surface area contributed by atoms with Crippen LogP contribution in [0.3, 0.4) is 0 Å². The predicted molar refractivity (Wildman–Crippen MR) is 107 cm³/mol. The number of benzene rings is 2. The minimum atomic E-state index is 0.631. The van der Waals surface area contributed by atoms with Crippen molar-refractivity contribution < 1.29 is 0 Å². The Kier molecular flexibility index (Phi) is 4.76. The molecule has 26 heavy (non-hydrogen) atoms. The van der Waals surface area contributed by atoms with Crippen molar-refractivity contribution >= 4 is 28.9 Å². The molecule has 1 aliphatic heterocycles. The fourth-order valence-corrected chi connectivity index (χ4v) is 3.58. The minimum absolute atomic E-state index is 0.631. The summed E-state index contributed by atoms with van der Waals surface area (Å²) in [5, 5.41) is 4.14. The molecule has 0 saturated heterocycles. The van der Waals surface area contributed by atoms with Crippen molar-refractivity contribution in [1.29, 1.82) is 0 Å². The van der Waals surface area contributed by atoms with Gasteiger partial charge in [-0.15, -0.1) is 0 Å². The third-order valence-corrected chi connectivity index (χ3v) is 5.00. The lowest BCUT2D eigenvalue weighted by atomic mass is 10.0. The minimum Gasteiger partial charge on any atom is -0.366 e. The first-order valence-corrected chi connectivity index (χ1v) is 9.27. The van der Waals surface area contributed by atoms with Crippen LogP contribution in [0.15, 0.2) is 54.6 Å². The second kappa shape index (κ2) is 7.34. The van der Waals surface area contributed by atoms with Gasteiger partial charge in [-0.25, -0.2) is 9.97 Å². The molecular formula is C21H21ClN4. The molecule has 0 atom stereocenters.